The Labute approximate surface area is 148 Å². The summed E-state index contributed by atoms with van der Waals surface area (Å²) >= 11 is 0. The number of benzene rings is 1. The molecule has 1 unspecified atom stereocenters. The summed E-state index contributed by atoms with van der Waals surface area (Å²) in [6, 6.07) is 11.2. The topological polar surface area (TPSA) is 94.2 Å². The number of nitrogens with zero attached hydrogens (tertiary/aromatic N) is 5. The molecule has 1 spiro atoms. The molecule has 5 rings (SSSR count). The van der Waals surface area contributed by atoms with E-state index >= 15 is 0 Å². The highest BCUT2D eigenvalue weighted by Crippen LogP contribution is 2.44. The smallest absolute Gasteiger partial charge is 0.339 e. The molecule has 0 amide bonds. The van der Waals surface area contributed by atoms with Crippen LogP contribution in [0.2, 0.25) is 0 Å². The van der Waals surface area contributed by atoms with Crippen LogP contribution in [0.1, 0.15) is 28.2 Å². The van der Waals surface area contributed by atoms with Gasteiger partial charge in [-0.25, -0.2) is 4.79 Å². The quantitative estimate of drug-likeness (QED) is 0.649. The molecule has 8 nitrogen and oxygen atoms in total. The zero-order valence-electron chi connectivity index (χ0n) is 14.0. The maximum Gasteiger partial charge on any atom is 0.339 e. The van der Waals surface area contributed by atoms with Crippen LogP contribution in [0.3, 0.4) is 0 Å². The number of esters is 1. The average Bonchev–Trinajstić information content (AvgIpc) is 3.35. The van der Waals surface area contributed by atoms with E-state index in [1.165, 1.54) is 0 Å². The van der Waals surface area contributed by atoms with E-state index in [0.29, 0.717) is 29.5 Å². The first-order chi connectivity index (χ1) is 12.6. The summed E-state index contributed by atoms with van der Waals surface area (Å²) in [6.07, 6.45) is 0.724. The predicted molar refractivity (Wildman–Crippen MR) is 90.4 cm³/mol. The van der Waals surface area contributed by atoms with Gasteiger partial charge in [-0.1, -0.05) is 23.4 Å². The third kappa shape index (κ3) is 2.18. The highest BCUT2D eigenvalue weighted by Gasteiger charge is 2.50. The first kappa shape index (κ1) is 15.0. The summed E-state index contributed by atoms with van der Waals surface area (Å²) in [7, 11) is 0. The number of carbonyl (C=O) groups is 1. The van der Waals surface area contributed by atoms with Gasteiger partial charge >= 0.3 is 5.97 Å². The molecule has 0 radical (unpaired) electrons. The van der Waals surface area contributed by atoms with Crippen molar-refractivity contribution in [3.05, 3.63) is 53.3 Å². The molecule has 2 aromatic heterocycles. The molecule has 0 aliphatic carbocycles. The Morgan fingerprint density at radius 3 is 2.81 bits per heavy atom. The van der Waals surface area contributed by atoms with E-state index in [1.54, 1.807) is 13.0 Å². The molecule has 2 aliphatic rings. The van der Waals surface area contributed by atoms with Crippen LogP contribution >= 0.6 is 0 Å². The molecular weight excluding hydrogens is 334 g/mol. The second-order valence-corrected chi connectivity index (χ2v) is 6.52. The van der Waals surface area contributed by atoms with Crippen molar-refractivity contribution in [2.45, 2.75) is 18.9 Å². The molecule has 4 heterocycles. The number of ether oxygens (including phenoxy) is 1. The van der Waals surface area contributed by atoms with Gasteiger partial charge < -0.3 is 14.2 Å². The number of aromatic nitrogens is 4. The molecule has 26 heavy (non-hydrogen) atoms. The Morgan fingerprint density at radius 2 is 2.04 bits per heavy atom. The van der Waals surface area contributed by atoms with Crippen molar-refractivity contribution in [2.75, 3.05) is 18.0 Å². The highest BCUT2D eigenvalue weighted by atomic mass is 16.6. The monoisotopic (exact) mass is 349 g/mol. The lowest BCUT2D eigenvalue weighted by molar-refractivity contribution is 0.00244. The van der Waals surface area contributed by atoms with Crippen molar-refractivity contribution in [1.29, 1.82) is 0 Å². The Balaban J connectivity index is 1.41. The third-order valence-corrected chi connectivity index (χ3v) is 4.88. The molecule has 0 saturated carbocycles. The Morgan fingerprint density at radius 1 is 1.15 bits per heavy atom. The molecule has 130 valence electrons. The summed E-state index contributed by atoms with van der Waals surface area (Å²) in [5.41, 5.74) is 1.54. The molecule has 0 N–H and O–H groups in total. The maximum absolute atomic E-state index is 12.2. The molecule has 3 aromatic rings. The predicted octanol–water partition coefficient (Wildman–Crippen LogP) is 2.11. The van der Waals surface area contributed by atoms with Crippen LogP contribution in [0.4, 0.5) is 5.82 Å². The zero-order chi connectivity index (χ0) is 17.7. The lowest BCUT2D eigenvalue weighted by atomic mass is 9.92. The highest BCUT2D eigenvalue weighted by molar-refractivity contribution is 5.95. The standard InChI is InChI=1S/C18H15N5O3/c1-11-19-16(26-22-11)14-6-7-15(21-20-14)23-9-8-18(10-23)13-5-3-2-4-12(13)17(24)25-18/h2-7H,8-10H2,1H3. The zero-order valence-corrected chi connectivity index (χ0v) is 14.0. The molecule has 1 saturated heterocycles. The van der Waals surface area contributed by atoms with Crippen LogP contribution in [-0.2, 0) is 10.3 Å². The van der Waals surface area contributed by atoms with Gasteiger partial charge in [0.05, 0.1) is 12.1 Å². The Kier molecular flexibility index (Phi) is 3.09. The van der Waals surface area contributed by atoms with E-state index in [0.717, 1.165) is 24.3 Å². The average molecular weight is 349 g/mol. The van der Waals surface area contributed by atoms with Gasteiger partial charge in [0.1, 0.15) is 0 Å². The minimum Gasteiger partial charge on any atom is -0.449 e. The van der Waals surface area contributed by atoms with Gasteiger partial charge in [-0.2, -0.15) is 4.98 Å². The van der Waals surface area contributed by atoms with E-state index < -0.39 is 5.60 Å². The number of carbonyl (C=O) groups excluding carboxylic acids is 1. The maximum atomic E-state index is 12.2. The fourth-order valence-electron chi connectivity index (χ4n) is 3.64. The second-order valence-electron chi connectivity index (χ2n) is 6.52. The molecule has 2 aliphatic heterocycles. The van der Waals surface area contributed by atoms with Crippen LogP contribution < -0.4 is 4.90 Å². The molecule has 1 fully saturated rings. The van der Waals surface area contributed by atoms with Crippen molar-refractivity contribution in [3.8, 4) is 11.6 Å². The number of fused-ring (bicyclic) bond motifs is 2. The van der Waals surface area contributed by atoms with Crippen molar-refractivity contribution in [2.24, 2.45) is 0 Å². The van der Waals surface area contributed by atoms with Crippen molar-refractivity contribution >= 4 is 11.8 Å². The molecule has 1 atom stereocenters. The van der Waals surface area contributed by atoms with Crippen molar-refractivity contribution < 1.29 is 14.1 Å². The van der Waals surface area contributed by atoms with Crippen LogP contribution in [-0.4, -0.2) is 39.4 Å². The van der Waals surface area contributed by atoms with Gasteiger partial charge in [0.25, 0.3) is 5.89 Å². The second kappa shape index (κ2) is 5.35. The normalized spacial score (nSPS) is 21.3. The Hall–Kier alpha value is -3.29. The van der Waals surface area contributed by atoms with Gasteiger partial charge in [0.15, 0.2) is 22.9 Å². The number of hydrogen-bond donors (Lipinski definition) is 0. The molecule has 0 bridgehead atoms. The first-order valence-electron chi connectivity index (χ1n) is 8.37. The van der Waals surface area contributed by atoms with Crippen molar-refractivity contribution in [3.63, 3.8) is 0 Å². The lowest BCUT2D eigenvalue weighted by Gasteiger charge is -2.24. The van der Waals surface area contributed by atoms with Crippen LogP contribution in [0.5, 0.6) is 0 Å². The van der Waals surface area contributed by atoms with Crippen molar-refractivity contribution in [1.82, 2.24) is 20.3 Å². The fourth-order valence-corrected chi connectivity index (χ4v) is 3.64. The number of rotatable bonds is 2. The Bertz CT molecular complexity index is 1000. The summed E-state index contributed by atoms with van der Waals surface area (Å²) < 4.78 is 10.9. The van der Waals surface area contributed by atoms with Gasteiger partial charge in [-0.3, -0.25) is 0 Å². The minimum absolute atomic E-state index is 0.254. The first-order valence-corrected chi connectivity index (χ1v) is 8.37. The summed E-state index contributed by atoms with van der Waals surface area (Å²) in [5.74, 6) is 1.37. The summed E-state index contributed by atoms with van der Waals surface area (Å²) in [4.78, 5) is 18.4. The number of aryl methyl sites for hydroxylation is 1. The summed E-state index contributed by atoms with van der Waals surface area (Å²) in [5, 5.41) is 12.2. The lowest BCUT2D eigenvalue weighted by Crippen LogP contribution is -2.31. The largest absolute Gasteiger partial charge is 0.449 e. The van der Waals surface area contributed by atoms with Crippen LogP contribution in [0, 0.1) is 6.92 Å². The van der Waals surface area contributed by atoms with Gasteiger partial charge in [-0.05, 0) is 25.1 Å². The molecule has 8 heteroatoms. The molecule has 1 aromatic carbocycles. The van der Waals surface area contributed by atoms with E-state index in [2.05, 4.69) is 25.2 Å². The molecular formula is C18H15N5O3. The summed E-state index contributed by atoms with van der Waals surface area (Å²) in [6.45, 7) is 3.04. The SMILES string of the molecule is Cc1noc(-c2ccc(N3CCC4(C3)OC(=O)c3ccccc34)nn2)n1. The minimum atomic E-state index is -0.600. The van der Waals surface area contributed by atoms with E-state index in [4.69, 9.17) is 9.26 Å². The number of anilines is 1. The van der Waals surface area contributed by atoms with Gasteiger partial charge in [0.2, 0.25) is 0 Å². The third-order valence-electron chi connectivity index (χ3n) is 4.88. The van der Waals surface area contributed by atoms with Gasteiger partial charge in [-0.15, -0.1) is 10.2 Å². The fraction of sp³-hybridized carbons (Fsp3) is 0.278. The van der Waals surface area contributed by atoms with E-state index in [-0.39, 0.29) is 5.97 Å². The van der Waals surface area contributed by atoms with E-state index in [9.17, 15) is 4.79 Å². The van der Waals surface area contributed by atoms with E-state index in [1.807, 2.05) is 30.3 Å². The van der Waals surface area contributed by atoms with Crippen LogP contribution in [0.15, 0.2) is 40.9 Å². The number of hydrogen-bond acceptors (Lipinski definition) is 8. The van der Waals surface area contributed by atoms with Crippen LogP contribution in [0.25, 0.3) is 11.6 Å². The van der Waals surface area contributed by atoms with Gasteiger partial charge in [0, 0.05) is 18.5 Å².